The zero-order valence-corrected chi connectivity index (χ0v) is 16.5. The fourth-order valence-corrected chi connectivity index (χ4v) is 2.89. The van der Waals surface area contributed by atoms with Gasteiger partial charge >= 0.3 is 6.01 Å². The Kier molecular flexibility index (Phi) is 8.35. The Morgan fingerprint density at radius 1 is 1.19 bits per heavy atom. The average molecular weight is 400 g/mol. The van der Waals surface area contributed by atoms with Crippen molar-refractivity contribution in [3.63, 3.8) is 0 Å². The number of carbonyl (C=O) groups is 1. The minimum absolute atomic E-state index is 0.116. The summed E-state index contributed by atoms with van der Waals surface area (Å²) in [4.78, 5) is 17.0. The van der Waals surface area contributed by atoms with Gasteiger partial charge in [0.2, 0.25) is 5.91 Å². The number of hydrogen-bond donors (Lipinski definition) is 0. The number of carbonyl (C=O) groups excluding carboxylic acids is 1. The van der Waals surface area contributed by atoms with Gasteiger partial charge in [0.05, 0.1) is 11.6 Å². The SMILES string of the molecule is CCCCCCC(=O)n1nc(OCCOC)nc1-c1ccc(Cl)cc1Cl. The summed E-state index contributed by atoms with van der Waals surface area (Å²) in [5.41, 5.74) is 0.576. The summed E-state index contributed by atoms with van der Waals surface area (Å²) in [5, 5.41) is 5.11. The third-order valence-corrected chi connectivity index (χ3v) is 4.31. The van der Waals surface area contributed by atoms with Gasteiger partial charge in [-0.1, -0.05) is 49.4 Å². The monoisotopic (exact) mass is 399 g/mol. The number of methoxy groups -OCH3 is 1. The van der Waals surface area contributed by atoms with Crippen LogP contribution in [0.15, 0.2) is 18.2 Å². The van der Waals surface area contributed by atoms with Crippen molar-refractivity contribution in [1.82, 2.24) is 14.8 Å². The summed E-state index contributed by atoms with van der Waals surface area (Å²) >= 11 is 12.2. The van der Waals surface area contributed by atoms with E-state index in [1.54, 1.807) is 25.3 Å². The molecule has 0 saturated carbocycles. The zero-order chi connectivity index (χ0) is 18.9. The Balaban J connectivity index is 2.26. The first kappa shape index (κ1) is 20.7. The molecule has 2 rings (SSSR count). The number of halogens is 2. The van der Waals surface area contributed by atoms with Crippen LogP contribution in [0.4, 0.5) is 0 Å². The molecule has 0 spiro atoms. The van der Waals surface area contributed by atoms with Crippen LogP contribution in [0.3, 0.4) is 0 Å². The second-order valence-corrected chi connectivity index (χ2v) is 6.64. The molecule has 0 aliphatic carbocycles. The molecule has 8 heteroatoms. The number of benzene rings is 1. The molecule has 0 amide bonds. The predicted molar refractivity (Wildman–Crippen MR) is 102 cm³/mol. The number of aromatic nitrogens is 3. The number of ether oxygens (including phenoxy) is 2. The fraction of sp³-hybridized carbons (Fsp3) is 0.500. The van der Waals surface area contributed by atoms with E-state index in [1.807, 2.05) is 0 Å². The van der Waals surface area contributed by atoms with Gasteiger partial charge in [-0.25, -0.2) is 0 Å². The molecule has 0 radical (unpaired) electrons. The molecular formula is C18H23Cl2N3O3. The van der Waals surface area contributed by atoms with Crippen LogP contribution in [0.2, 0.25) is 10.0 Å². The first-order chi connectivity index (χ1) is 12.6. The molecule has 1 heterocycles. The Labute approximate surface area is 163 Å². The van der Waals surface area contributed by atoms with E-state index in [1.165, 1.54) is 4.68 Å². The Bertz CT molecular complexity index is 734. The molecular weight excluding hydrogens is 377 g/mol. The maximum atomic E-state index is 12.6. The Hall–Kier alpha value is -1.63. The molecule has 142 valence electrons. The van der Waals surface area contributed by atoms with E-state index in [-0.39, 0.29) is 11.9 Å². The van der Waals surface area contributed by atoms with Crippen LogP contribution in [0.25, 0.3) is 11.4 Å². The second kappa shape index (κ2) is 10.5. The van der Waals surface area contributed by atoms with Gasteiger partial charge in [-0.2, -0.15) is 9.67 Å². The summed E-state index contributed by atoms with van der Waals surface area (Å²) in [5.74, 6) is 0.204. The lowest BCUT2D eigenvalue weighted by Gasteiger charge is -2.06. The van der Waals surface area contributed by atoms with Gasteiger partial charge in [-0.15, -0.1) is 5.10 Å². The molecule has 0 saturated heterocycles. The number of hydrogen-bond acceptors (Lipinski definition) is 5. The molecule has 1 aromatic carbocycles. The van der Waals surface area contributed by atoms with E-state index in [9.17, 15) is 4.79 Å². The van der Waals surface area contributed by atoms with Gasteiger partial charge in [0, 0.05) is 24.1 Å². The molecule has 0 fully saturated rings. The third kappa shape index (κ3) is 5.69. The number of nitrogens with zero attached hydrogens (tertiary/aromatic N) is 3. The van der Waals surface area contributed by atoms with Crippen molar-refractivity contribution in [1.29, 1.82) is 0 Å². The number of rotatable bonds is 10. The van der Waals surface area contributed by atoms with E-state index >= 15 is 0 Å². The smallest absolute Gasteiger partial charge is 0.336 e. The molecule has 0 unspecified atom stereocenters. The van der Waals surface area contributed by atoms with E-state index in [4.69, 9.17) is 32.7 Å². The maximum absolute atomic E-state index is 12.6. The third-order valence-electron chi connectivity index (χ3n) is 3.76. The summed E-state index contributed by atoms with van der Waals surface area (Å²) in [6.07, 6.45) is 4.41. The van der Waals surface area contributed by atoms with E-state index in [2.05, 4.69) is 17.0 Å². The summed E-state index contributed by atoms with van der Waals surface area (Å²) in [7, 11) is 1.58. The van der Waals surface area contributed by atoms with E-state index in [0.717, 1.165) is 25.7 Å². The Morgan fingerprint density at radius 2 is 2.00 bits per heavy atom. The highest BCUT2D eigenvalue weighted by Crippen LogP contribution is 2.30. The van der Waals surface area contributed by atoms with Crippen molar-refractivity contribution < 1.29 is 14.3 Å². The molecule has 0 N–H and O–H groups in total. The number of unbranched alkanes of at least 4 members (excludes halogenated alkanes) is 3. The molecule has 0 aliphatic heterocycles. The average Bonchev–Trinajstić information content (AvgIpc) is 3.03. The molecule has 0 atom stereocenters. The van der Waals surface area contributed by atoms with Gasteiger partial charge < -0.3 is 9.47 Å². The van der Waals surface area contributed by atoms with Crippen LogP contribution in [0.5, 0.6) is 6.01 Å². The van der Waals surface area contributed by atoms with Gasteiger partial charge in [-0.05, 0) is 24.6 Å². The predicted octanol–water partition coefficient (Wildman–Crippen LogP) is 4.89. The second-order valence-electron chi connectivity index (χ2n) is 5.80. The van der Waals surface area contributed by atoms with Crippen LogP contribution in [-0.4, -0.2) is 41.0 Å². The van der Waals surface area contributed by atoms with Gasteiger partial charge in [0.15, 0.2) is 5.82 Å². The van der Waals surface area contributed by atoms with Crippen molar-refractivity contribution in [3.05, 3.63) is 28.2 Å². The van der Waals surface area contributed by atoms with E-state index < -0.39 is 0 Å². The standard InChI is InChI=1S/C18H23Cl2N3O3/c1-3-4-5-6-7-16(24)23-17(14-9-8-13(19)12-15(14)20)21-18(22-23)26-11-10-25-2/h8-9,12H,3-7,10-11H2,1-2H3. The molecule has 1 aromatic heterocycles. The van der Waals surface area contributed by atoms with Crippen LogP contribution in [0.1, 0.15) is 43.8 Å². The first-order valence-corrected chi connectivity index (χ1v) is 9.39. The first-order valence-electron chi connectivity index (χ1n) is 8.64. The fourth-order valence-electron chi connectivity index (χ4n) is 2.40. The van der Waals surface area contributed by atoms with Crippen LogP contribution < -0.4 is 4.74 Å². The normalized spacial score (nSPS) is 10.9. The minimum Gasteiger partial charge on any atom is -0.460 e. The molecule has 6 nitrogen and oxygen atoms in total. The van der Waals surface area contributed by atoms with Gasteiger partial charge in [0.1, 0.15) is 6.61 Å². The van der Waals surface area contributed by atoms with E-state index in [0.29, 0.717) is 41.1 Å². The van der Waals surface area contributed by atoms with Crippen molar-refractivity contribution in [2.75, 3.05) is 20.3 Å². The topological polar surface area (TPSA) is 66.2 Å². The lowest BCUT2D eigenvalue weighted by Crippen LogP contribution is -2.14. The molecule has 0 bridgehead atoms. The largest absolute Gasteiger partial charge is 0.460 e. The van der Waals surface area contributed by atoms with Crippen molar-refractivity contribution in [2.45, 2.75) is 39.0 Å². The quantitative estimate of drug-likeness (QED) is 0.532. The zero-order valence-electron chi connectivity index (χ0n) is 15.0. The van der Waals surface area contributed by atoms with Crippen LogP contribution >= 0.6 is 23.2 Å². The van der Waals surface area contributed by atoms with Crippen molar-refractivity contribution in [2.24, 2.45) is 0 Å². The molecule has 2 aromatic rings. The summed E-state index contributed by atoms with van der Waals surface area (Å²) in [6, 6.07) is 5.13. The van der Waals surface area contributed by atoms with Crippen molar-refractivity contribution in [3.8, 4) is 17.4 Å². The lowest BCUT2D eigenvalue weighted by molar-refractivity contribution is 0.0881. The van der Waals surface area contributed by atoms with Crippen molar-refractivity contribution >= 4 is 29.1 Å². The van der Waals surface area contributed by atoms with Gasteiger partial charge in [-0.3, -0.25) is 4.79 Å². The van der Waals surface area contributed by atoms with Gasteiger partial charge in [0.25, 0.3) is 0 Å². The minimum atomic E-state index is -0.142. The van der Waals surface area contributed by atoms with Crippen LogP contribution in [0, 0.1) is 0 Å². The highest BCUT2D eigenvalue weighted by atomic mass is 35.5. The maximum Gasteiger partial charge on any atom is 0.336 e. The lowest BCUT2D eigenvalue weighted by atomic mass is 10.1. The highest BCUT2D eigenvalue weighted by Gasteiger charge is 2.20. The summed E-state index contributed by atoms with van der Waals surface area (Å²) < 4.78 is 11.7. The van der Waals surface area contributed by atoms with Crippen LogP contribution in [-0.2, 0) is 4.74 Å². The Morgan fingerprint density at radius 3 is 2.69 bits per heavy atom. The summed E-state index contributed by atoms with van der Waals surface area (Å²) in [6.45, 7) is 2.82. The highest BCUT2D eigenvalue weighted by molar-refractivity contribution is 6.36. The molecule has 26 heavy (non-hydrogen) atoms. The molecule has 0 aliphatic rings.